The molecule has 1 aromatic carbocycles. The first kappa shape index (κ1) is 8.85. The van der Waals surface area contributed by atoms with Gasteiger partial charge in [0, 0.05) is 17.6 Å². The summed E-state index contributed by atoms with van der Waals surface area (Å²) in [7, 11) is 0. The van der Waals surface area contributed by atoms with Crippen LogP contribution >= 0.6 is 11.5 Å². The number of benzene rings is 1. The summed E-state index contributed by atoms with van der Waals surface area (Å²) in [6.45, 7) is 0. The molecule has 3 rings (SSSR count). The second-order valence-electron chi connectivity index (χ2n) is 3.76. The predicted molar refractivity (Wildman–Crippen MR) is 61.2 cm³/mol. The van der Waals surface area contributed by atoms with E-state index in [-0.39, 0.29) is 0 Å². The number of hydrogen-bond donors (Lipinski definition) is 1. The molecule has 0 fully saturated rings. The number of nitrogens with one attached hydrogen (secondary N) is 1. The number of nitrogens with zero attached hydrogens (tertiary/aromatic N) is 2. The van der Waals surface area contributed by atoms with Crippen LogP contribution in [0, 0.1) is 0 Å². The average molecular weight is 217 g/mol. The van der Waals surface area contributed by atoms with Crippen LogP contribution in [-0.4, -0.2) is 15.4 Å². The molecule has 0 atom stereocenters. The van der Waals surface area contributed by atoms with Gasteiger partial charge in [0.1, 0.15) is 6.33 Å². The topological polar surface area (TPSA) is 37.8 Å². The lowest BCUT2D eigenvalue weighted by Gasteiger charge is -2.09. The molecule has 1 N–H and O–H groups in total. The van der Waals surface area contributed by atoms with Crippen molar-refractivity contribution in [1.29, 1.82) is 0 Å². The zero-order valence-electron chi connectivity index (χ0n) is 8.18. The molecule has 0 aliphatic heterocycles. The van der Waals surface area contributed by atoms with Crippen molar-refractivity contribution in [3.8, 4) is 0 Å². The zero-order valence-corrected chi connectivity index (χ0v) is 9.00. The predicted octanol–water partition coefficient (Wildman–Crippen LogP) is 2.12. The maximum atomic E-state index is 4.14. The van der Waals surface area contributed by atoms with Crippen molar-refractivity contribution in [3.63, 3.8) is 0 Å². The molecule has 1 aliphatic carbocycles. The van der Waals surface area contributed by atoms with Crippen LogP contribution in [0.3, 0.4) is 0 Å². The molecule has 2 aromatic rings. The quantitative estimate of drug-likeness (QED) is 0.837. The van der Waals surface area contributed by atoms with Gasteiger partial charge in [0.05, 0.1) is 0 Å². The second-order valence-corrected chi connectivity index (χ2v) is 4.54. The van der Waals surface area contributed by atoms with Crippen LogP contribution in [0.2, 0.25) is 0 Å². The van der Waals surface area contributed by atoms with Gasteiger partial charge in [0.25, 0.3) is 0 Å². The fourth-order valence-electron chi connectivity index (χ4n) is 2.07. The summed E-state index contributed by atoms with van der Waals surface area (Å²) in [5.41, 5.74) is 2.92. The molecular formula is C11H11N3S. The number of fused-ring (bicyclic) bond motifs is 1. The van der Waals surface area contributed by atoms with E-state index in [1.54, 1.807) is 6.33 Å². The van der Waals surface area contributed by atoms with Crippen LogP contribution in [0.4, 0.5) is 5.13 Å². The molecule has 1 aliphatic rings. The number of rotatable bonds is 2. The van der Waals surface area contributed by atoms with E-state index in [9.17, 15) is 0 Å². The summed E-state index contributed by atoms with van der Waals surface area (Å²) in [6.07, 6.45) is 3.78. The first-order valence-corrected chi connectivity index (χ1v) is 5.79. The van der Waals surface area contributed by atoms with Crippen molar-refractivity contribution in [3.05, 3.63) is 41.7 Å². The molecule has 0 radical (unpaired) electrons. The molecule has 0 saturated heterocycles. The molecule has 0 bridgehead atoms. The lowest BCUT2D eigenvalue weighted by atomic mass is 10.1. The molecule has 0 amide bonds. The Morgan fingerprint density at radius 1 is 1.20 bits per heavy atom. The second kappa shape index (κ2) is 3.62. The van der Waals surface area contributed by atoms with E-state index < -0.39 is 0 Å². The summed E-state index contributed by atoms with van der Waals surface area (Å²) in [5, 5.41) is 4.34. The van der Waals surface area contributed by atoms with Gasteiger partial charge in [-0.25, -0.2) is 4.98 Å². The number of aromatic nitrogens is 2. The summed E-state index contributed by atoms with van der Waals surface area (Å²) in [4.78, 5) is 4.14. The van der Waals surface area contributed by atoms with Gasteiger partial charge in [-0.05, 0) is 24.0 Å². The van der Waals surface area contributed by atoms with Crippen molar-refractivity contribution < 1.29 is 0 Å². The van der Waals surface area contributed by atoms with Gasteiger partial charge >= 0.3 is 0 Å². The Kier molecular flexibility index (Phi) is 2.14. The van der Waals surface area contributed by atoms with Gasteiger partial charge in [-0.1, -0.05) is 24.3 Å². The van der Waals surface area contributed by atoms with Crippen molar-refractivity contribution in [2.75, 3.05) is 5.32 Å². The van der Waals surface area contributed by atoms with Crippen LogP contribution in [0.15, 0.2) is 30.6 Å². The van der Waals surface area contributed by atoms with E-state index in [0.717, 1.165) is 18.0 Å². The molecule has 3 nitrogen and oxygen atoms in total. The van der Waals surface area contributed by atoms with Crippen molar-refractivity contribution >= 4 is 16.7 Å². The van der Waals surface area contributed by atoms with Gasteiger partial charge in [-0.2, -0.15) is 4.37 Å². The minimum atomic E-state index is 0.482. The standard InChI is InChI=1S/C11H11N3S/c1-2-4-9-6-10(5-8(9)3-1)14-11-12-7-13-15-11/h1-4,7,10H,5-6H2,(H,12,13,14). The summed E-state index contributed by atoms with van der Waals surface area (Å²) < 4.78 is 3.98. The summed E-state index contributed by atoms with van der Waals surface area (Å²) >= 11 is 1.42. The third kappa shape index (κ3) is 1.72. The largest absolute Gasteiger partial charge is 0.357 e. The Labute approximate surface area is 92.3 Å². The van der Waals surface area contributed by atoms with Gasteiger partial charge in [-0.15, -0.1) is 0 Å². The highest BCUT2D eigenvalue weighted by Gasteiger charge is 2.21. The normalized spacial score (nSPS) is 15.2. The van der Waals surface area contributed by atoms with E-state index in [4.69, 9.17) is 0 Å². The monoisotopic (exact) mass is 217 g/mol. The van der Waals surface area contributed by atoms with E-state index in [1.807, 2.05) is 0 Å². The fourth-order valence-corrected chi connectivity index (χ4v) is 2.58. The molecule has 1 aromatic heterocycles. The van der Waals surface area contributed by atoms with E-state index in [2.05, 4.69) is 38.9 Å². The van der Waals surface area contributed by atoms with Gasteiger partial charge in [0.2, 0.25) is 5.13 Å². The fraction of sp³-hybridized carbons (Fsp3) is 0.273. The van der Waals surface area contributed by atoms with Crippen LogP contribution in [-0.2, 0) is 12.8 Å². The third-order valence-electron chi connectivity index (χ3n) is 2.74. The van der Waals surface area contributed by atoms with E-state index in [1.165, 1.54) is 22.7 Å². The molecular weight excluding hydrogens is 206 g/mol. The molecule has 1 heterocycles. The number of hydrogen-bond acceptors (Lipinski definition) is 4. The highest BCUT2D eigenvalue weighted by Crippen LogP contribution is 2.24. The Morgan fingerprint density at radius 3 is 2.53 bits per heavy atom. The Bertz CT molecular complexity index is 425. The number of anilines is 1. The van der Waals surface area contributed by atoms with Crippen molar-refractivity contribution in [1.82, 2.24) is 9.36 Å². The lowest BCUT2D eigenvalue weighted by Crippen LogP contribution is -2.19. The summed E-state index contributed by atoms with van der Waals surface area (Å²) in [5.74, 6) is 0. The average Bonchev–Trinajstić information content (AvgIpc) is 2.86. The molecule has 0 spiro atoms. The van der Waals surface area contributed by atoms with Crippen LogP contribution < -0.4 is 5.32 Å². The zero-order chi connectivity index (χ0) is 10.1. The van der Waals surface area contributed by atoms with E-state index >= 15 is 0 Å². The highest BCUT2D eigenvalue weighted by atomic mass is 32.1. The third-order valence-corrected chi connectivity index (χ3v) is 3.34. The van der Waals surface area contributed by atoms with Crippen molar-refractivity contribution in [2.45, 2.75) is 18.9 Å². The highest BCUT2D eigenvalue weighted by molar-refractivity contribution is 7.09. The van der Waals surface area contributed by atoms with Gasteiger partial charge in [-0.3, -0.25) is 0 Å². The molecule has 4 heteroatoms. The maximum Gasteiger partial charge on any atom is 0.202 e. The van der Waals surface area contributed by atoms with Crippen LogP contribution in [0.1, 0.15) is 11.1 Å². The Balaban J connectivity index is 1.74. The minimum absolute atomic E-state index is 0.482. The Hall–Kier alpha value is -1.42. The molecule has 0 unspecified atom stereocenters. The van der Waals surface area contributed by atoms with Gasteiger partial charge < -0.3 is 5.32 Å². The molecule has 15 heavy (non-hydrogen) atoms. The Morgan fingerprint density at radius 2 is 1.93 bits per heavy atom. The first-order chi connectivity index (χ1) is 7.42. The summed E-state index contributed by atoms with van der Waals surface area (Å²) in [6, 6.07) is 9.10. The maximum absolute atomic E-state index is 4.14. The lowest BCUT2D eigenvalue weighted by molar-refractivity contribution is 0.773. The van der Waals surface area contributed by atoms with Crippen molar-refractivity contribution in [2.24, 2.45) is 0 Å². The molecule has 0 saturated carbocycles. The minimum Gasteiger partial charge on any atom is -0.357 e. The smallest absolute Gasteiger partial charge is 0.202 e. The van der Waals surface area contributed by atoms with Crippen LogP contribution in [0.5, 0.6) is 0 Å². The van der Waals surface area contributed by atoms with Crippen LogP contribution in [0.25, 0.3) is 0 Å². The SMILES string of the molecule is c1ccc2c(c1)CC(Nc1ncns1)C2. The molecule has 76 valence electrons. The van der Waals surface area contributed by atoms with E-state index in [0.29, 0.717) is 6.04 Å². The first-order valence-electron chi connectivity index (χ1n) is 5.02. The van der Waals surface area contributed by atoms with Gasteiger partial charge in [0.15, 0.2) is 0 Å².